The summed E-state index contributed by atoms with van der Waals surface area (Å²) in [7, 11) is 4.91. The lowest BCUT2D eigenvalue weighted by Gasteiger charge is -2.35. The lowest BCUT2D eigenvalue weighted by atomic mass is 10.1. The van der Waals surface area contributed by atoms with Gasteiger partial charge in [0.15, 0.2) is 17.5 Å². The van der Waals surface area contributed by atoms with Gasteiger partial charge in [-0.3, -0.25) is 9.79 Å². The van der Waals surface area contributed by atoms with Crippen LogP contribution in [0.15, 0.2) is 47.5 Å². The van der Waals surface area contributed by atoms with E-state index in [0.717, 1.165) is 11.3 Å². The van der Waals surface area contributed by atoms with Crippen molar-refractivity contribution in [3.05, 3.63) is 53.6 Å². The normalized spacial score (nSPS) is 18.2. The average molecular weight is 568 g/mol. The number of benzene rings is 2. The molecule has 1 saturated heterocycles. The summed E-state index contributed by atoms with van der Waals surface area (Å²) in [6.07, 6.45) is 0.104. The van der Waals surface area contributed by atoms with Gasteiger partial charge in [-0.15, -0.1) is 24.0 Å². The molecule has 8 nitrogen and oxygen atoms in total. The quantitative estimate of drug-likeness (QED) is 0.314. The molecule has 1 heterocycles. The first kappa shape index (κ1) is 26.7. The number of nitrogens with zero attached hydrogens (tertiary/aromatic N) is 2. The van der Waals surface area contributed by atoms with Crippen LogP contribution < -0.4 is 20.1 Å². The second-order valence-corrected chi connectivity index (χ2v) is 7.78. The van der Waals surface area contributed by atoms with E-state index in [1.807, 2.05) is 61.2 Å². The van der Waals surface area contributed by atoms with Crippen LogP contribution in [0.5, 0.6) is 11.5 Å². The SMILES string of the molecule is CN=C(NCc1ccc(C(=O)N2CC(C)OC(C)C2)cc1)Nc1ccc(OC)c(OC)c1.I. The van der Waals surface area contributed by atoms with Gasteiger partial charge in [-0.1, -0.05) is 12.1 Å². The molecule has 33 heavy (non-hydrogen) atoms. The highest BCUT2D eigenvalue weighted by molar-refractivity contribution is 14.0. The summed E-state index contributed by atoms with van der Waals surface area (Å²) in [5.41, 5.74) is 2.55. The number of aliphatic imine (C=N–C) groups is 1. The molecule has 2 atom stereocenters. The summed E-state index contributed by atoms with van der Waals surface area (Å²) in [6.45, 7) is 5.78. The molecule has 0 bridgehead atoms. The van der Waals surface area contributed by atoms with Crippen molar-refractivity contribution >= 4 is 41.5 Å². The molecule has 2 aromatic rings. The second-order valence-electron chi connectivity index (χ2n) is 7.78. The monoisotopic (exact) mass is 568 g/mol. The minimum Gasteiger partial charge on any atom is -0.493 e. The molecule has 1 aliphatic rings. The molecule has 1 fully saturated rings. The van der Waals surface area contributed by atoms with Gasteiger partial charge >= 0.3 is 0 Å². The third-order valence-corrected chi connectivity index (χ3v) is 5.24. The van der Waals surface area contributed by atoms with Crippen LogP contribution in [0.25, 0.3) is 0 Å². The predicted molar refractivity (Wildman–Crippen MR) is 141 cm³/mol. The number of methoxy groups -OCH3 is 2. The summed E-state index contributed by atoms with van der Waals surface area (Å²) in [4.78, 5) is 19.0. The number of morpholine rings is 1. The van der Waals surface area contributed by atoms with Crippen molar-refractivity contribution in [1.82, 2.24) is 10.2 Å². The number of carbonyl (C=O) groups excluding carboxylic acids is 1. The van der Waals surface area contributed by atoms with Gasteiger partial charge in [0.25, 0.3) is 5.91 Å². The smallest absolute Gasteiger partial charge is 0.254 e. The fourth-order valence-corrected chi connectivity index (χ4v) is 3.71. The highest BCUT2D eigenvalue weighted by Gasteiger charge is 2.26. The van der Waals surface area contributed by atoms with Crippen molar-refractivity contribution < 1.29 is 19.0 Å². The lowest BCUT2D eigenvalue weighted by Crippen LogP contribution is -2.48. The summed E-state index contributed by atoms with van der Waals surface area (Å²) < 4.78 is 16.3. The number of hydrogen-bond acceptors (Lipinski definition) is 5. The number of nitrogens with one attached hydrogen (secondary N) is 2. The molecular weight excluding hydrogens is 535 g/mol. The Kier molecular flexibility index (Phi) is 10.2. The Morgan fingerprint density at radius 3 is 2.27 bits per heavy atom. The molecular formula is C24H33IN4O4. The van der Waals surface area contributed by atoms with Gasteiger partial charge in [0.2, 0.25) is 0 Å². The van der Waals surface area contributed by atoms with E-state index in [9.17, 15) is 4.79 Å². The molecule has 2 N–H and O–H groups in total. The van der Waals surface area contributed by atoms with Crippen LogP contribution in [0.4, 0.5) is 5.69 Å². The van der Waals surface area contributed by atoms with Crippen molar-refractivity contribution in [2.24, 2.45) is 4.99 Å². The zero-order valence-electron chi connectivity index (χ0n) is 19.8. The number of carbonyl (C=O) groups is 1. The molecule has 1 aliphatic heterocycles. The van der Waals surface area contributed by atoms with Gasteiger partial charge in [-0.05, 0) is 43.7 Å². The van der Waals surface area contributed by atoms with Crippen LogP contribution in [-0.2, 0) is 11.3 Å². The Morgan fingerprint density at radius 1 is 1.06 bits per heavy atom. The molecule has 3 rings (SSSR count). The lowest BCUT2D eigenvalue weighted by molar-refractivity contribution is -0.0586. The van der Waals surface area contributed by atoms with Gasteiger partial charge in [0.05, 0.1) is 26.4 Å². The maximum atomic E-state index is 12.8. The molecule has 2 unspecified atom stereocenters. The fourth-order valence-electron chi connectivity index (χ4n) is 3.71. The topological polar surface area (TPSA) is 84.4 Å². The number of halogens is 1. The van der Waals surface area contributed by atoms with E-state index in [4.69, 9.17) is 14.2 Å². The Balaban J connectivity index is 0.00000385. The van der Waals surface area contributed by atoms with Crippen LogP contribution >= 0.6 is 24.0 Å². The zero-order chi connectivity index (χ0) is 23.1. The summed E-state index contributed by atoms with van der Waals surface area (Å²) >= 11 is 0. The van der Waals surface area contributed by atoms with Gasteiger partial charge in [-0.25, -0.2) is 0 Å². The number of amides is 1. The molecule has 0 spiro atoms. The van der Waals surface area contributed by atoms with Crippen LogP contribution in [0.2, 0.25) is 0 Å². The van der Waals surface area contributed by atoms with Crippen LogP contribution in [0.1, 0.15) is 29.8 Å². The zero-order valence-corrected chi connectivity index (χ0v) is 22.1. The fraction of sp³-hybridized carbons (Fsp3) is 0.417. The molecule has 9 heteroatoms. The van der Waals surface area contributed by atoms with E-state index >= 15 is 0 Å². The molecule has 180 valence electrons. The summed E-state index contributed by atoms with van der Waals surface area (Å²) in [5.74, 6) is 1.96. The number of rotatable bonds is 6. The number of ether oxygens (including phenoxy) is 3. The van der Waals surface area contributed by atoms with E-state index in [1.165, 1.54) is 0 Å². The summed E-state index contributed by atoms with van der Waals surface area (Å²) in [5, 5.41) is 6.52. The Bertz CT molecular complexity index is 942. The van der Waals surface area contributed by atoms with Crippen LogP contribution in [0, 0.1) is 0 Å². The number of guanidine groups is 1. The van der Waals surface area contributed by atoms with Gasteiger partial charge < -0.3 is 29.7 Å². The van der Waals surface area contributed by atoms with Crippen LogP contribution in [0.3, 0.4) is 0 Å². The minimum absolute atomic E-state index is 0. The Hall–Kier alpha value is -2.53. The van der Waals surface area contributed by atoms with E-state index in [2.05, 4.69) is 15.6 Å². The molecule has 1 amide bonds. The first-order valence-electron chi connectivity index (χ1n) is 10.7. The molecule has 0 saturated carbocycles. The predicted octanol–water partition coefficient (Wildman–Crippen LogP) is 3.76. The van der Waals surface area contributed by atoms with Gasteiger partial charge in [0, 0.05) is 44.0 Å². The third kappa shape index (κ3) is 7.23. The van der Waals surface area contributed by atoms with Gasteiger partial charge in [-0.2, -0.15) is 0 Å². The minimum atomic E-state index is 0. The van der Waals surface area contributed by atoms with Crippen molar-refractivity contribution in [2.45, 2.75) is 32.6 Å². The first-order valence-corrected chi connectivity index (χ1v) is 10.7. The van der Waals surface area contributed by atoms with Crippen molar-refractivity contribution in [1.29, 1.82) is 0 Å². The van der Waals surface area contributed by atoms with Crippen molar-refractivity contribution in [3.63, 3.8) is 0 Å². The highest BCUT2D eigenvalue weighted by Crippen LogP contribution is 2.29. The molecule has 0 radical (unpaired) electrons. The van der Waals surface area contributed by atoms with Gasteiger partial charge in [0.1, 0.15) is 0 Å². The maximum Gasteiger partial charge on any atom is 0.254 e. The average Bonchev–Trinajstić information content (AvgIpc) is 2.80. The standard InChI is InChI=1S/C24H32N4O4.HI/c1-16-14-28(15-17(2)32-16)23(29)19-8-6-18(7-9-19)13-26-24(25-3)27-20-10-11-21(30-4)22(12-20)31-5;/h6-12,16-17H,13-15H2,1-5H3,(H2,25,26,27);1H. The van der Waals surface area contributed by atoms with E-state index < -0.39 is 0 Å². The second kappa shape index (κ2) is 12.6. The largest absolute Gasteiger partial charge is 0.493 e. The van der Waals surface area contributed by atoms with Crippen LogP contribution in [-0.4, -0.2) is 63.3 Å². The molecule has 2 aromatic carbocycles. The maximum absolute atomic E-state index is 12.8. The summed E-state index contributed by atoms with van der Waals surface area (Å²) in [6, 6.07) is 13.2. The molecule has 0 aliphatic carbocycles. The number of anilines is 1. The third-order valence-electron chi connectivity index (χ3n) is 5.24. The molecule has 0 aromatic heterocycles. The van der Waals surface area contributed by atoms with E-state index in [0.29, 0.717) is 42.7 Å². The van der Waals surface area contributed by atoms with Crippen molar-refractivity contribution in [2.75, 3.05) is 39.7 Å². The van der Waals surface area contributed by atoms with E-state index in [1.54, 1.807) is 21.3 Å². The van der Waals surface area contributed by atoms with E-state index in [-0.39, 0.29) is 42.1 Å². The first-order chi connectivity index (χ1) is 15.4. The highest BCUT2D eigenvalue weighted by atomic mass is 127. The Labute approximate surface area is 212 Å². The Morgan fingerprint density at radius 2 is 1.70 bits per heavy atom. The number of hydrogen-bond donors (Lipinski definition) is 2. The van der Waals surface area contributed by atoms with Crippen molar-refractivity contribution in [3.8, 4) is 11.5 Å².